The second kappa shape index (κ2) is 8.89. The van der Waals surface area contributed by atoms with E-state index in [0.717, 1.165) is 16.7 Å². The minimum Gasteiger partial charge on any atom is -0.283 e. The van der Waals surface area contributed by atoms with Crippen molar-refractivity contribution in [1.29, 1.82) is 0 Å². The van der Waals surface area contributed by atoms with Crippen molar-refractivity contribution < 1.29 is 9.59 Å². The third-order valence-corrected chi connectivity index (χ3v) is 6.06. The fraction of sp³-hybridized carbons (Fsp3) is 0.0345. The van der Waals surface area contributed by atoms with E-state index in [9.17, 15) is 9.59 Å². The molecule has 1 aliphatic heterocycles. The van der Waals surface area contributed by atoms with E-state index in [2.05, 4.69) is 0 Å². The zero-order chi connectivity index (χ0) is 22.8. The van der Waals surface area contributed by atoms with Crippen molar-refractivity contribution in [3.05, 3.63) is 143 Å². The van der Waals surface area contributed by atoms with Gasteiger partial charge in [0.1, 0.15) is 0 Å². The van der Waals surface area contributed by atoms with Crippen LogP contribution in [0.2, 0.25) is 5.02 Å². The summed E-state index contributed by atoms with van der Waals surface area (Å²) in [5.74, 6) is -1.46. The molecule has 4 aromatic carbocycles. The van der Waals surface area contributed by atoms with Gasteiger partial charge in [0.05, 0.1) is 5.70 Å². The maximum absolute atomic E-state index is 13.7. The third kappa shape index (κ3) is 3.88. The van der Waals surface area contributed by atoms with Gasteiger partial charge in [-0.1, -0.05) is 103 Å². The topological polar surface area (TPSA) is 37.4 Å². The van der Waals surface area contributed by atoms with Crippen molar-refractivity contribution in [2.75, 3.05) is 4.90 Å². The summed E-state index contributed by atoms with van der Waals surface area (Å²) in [5.41, 5.74) is 4.38. The summed E-state index contributed by atoms with van der Waals surface area (Å²) in [6, 6.07) is 36.2. The van der Waals surface area contributed by atoms with Gasteiger partial charge in [-0.25, -0.2) is 0 Å². The highest BCUT2D eigenvalue weighted by molar-refractivity contribution is 6.55. The number of nitrogens with zero attached hydrogens (tertiary/aromatic N) is 1. The summed E-state index contributed by atoms with van der Waals surface area (Å²) in [6.45, 7) is 0. The largest absolute Gasteiger partial charge is 0.303 e. The molecule has 3 nitrogen and oxygen atoms in total. The molecule has 5 rings (SSSR count). The summed E-state index contributed by atoms with van der Waals surface area (Å²) < 4.78 is 0. The smallest absolute Gasteiger partial charge is 0.283 e. The molecule has 0 saturated heterocycles. The summed E-state index contributed by atoms with van der Waals surface area (Å²) >= 11 is 6.09. The Kier molecular flexibility index (Phi) is 5.64. The summed E-state index contributed by atoms with van der Waals surface area (Å²) in [4.78, 5) is 28.6. The molecule has 1 amide bonds. The first-order chi connectivity index (χ1) is 16.1. The standard InChI is InChI=1S/C29H20ClNO2/c30-23-16-18-24(19-17-23)31-27(22-14-8-3-9-15-22)26(28(32)29(31)33)25(20-10-4-1-5-11-20)21-12-6-2-7-13-21/h1-19,25H. The number of halogens is 1. The van der Waals surface area contributed by atoms with Gasteiger partial charge in [0.2, 0.25) is 5.78 Å². The number of carbonyl (C=O) groups excluding carboxylic acids is 2. The molecular formula is C29H20ClNO2. The molecule has 0 fully saturated rings. The Hall–Kier alpha value is -3.95. The Balaban J connectivity index is 1.81. The van der Waals surface area contributed by atoms with Gasteiger partial charge >= 0.3 is 5.91 Å². The van der Waals surface area contributed by atoms with E-state index in [4.69, 9.17) is 11.6 Å². The number of rotatable bonds is 5. The van der Waals surface area contributed by atoms with Gasteiger partial charge in [0, 0.05) is 22.2 Å². The third-order valence-electron chi connectivity index (χ3n) is 5.81. The molecule has 0 N–H and O–H groups in total. The molecule has 0 bridgehead atoms. The fourth-order valence-electron chi connectivity index (χ4n) is 4.35. The molecule has 4 heteroatoms. The number of carbonyl (C=O) groups is 2. The number of amides is 1. The molecule has 33 heavy (non-hydrogen) atoms. The number of hydrogen-bond donors (Lipinski definition) is 0. The van der Waals surface area contributed by atoms with Crippen LogP contribution in [0.3, 0.4) is 0 Å². The minimum absolute atomic E-state index is 0.392. The number of benzene rings is 4. The maximum atomic E-state index is 13.7. The lowest BCUT2D eigenvalue weighted by molar-refractivity contribution is -0.132. The van der Waals surface area contributed by atoms with Gasteiger partial charge < -0.3 is 0 Å². The Morgan fingerprint density at radius 2 is 1.09 bits per heavy atom. The van der Waals surface area contributed by atoms with E-state index in [-0.39, 0.29) is 0 Å². The summed E-state index contributed by atoms with van der Waals surface area (Å²) in [7, 11) is 0. The van der Waals surface area contributed by atoms with E-state index in [1.54, 1.807) is 24.3 Å². The van der Waals surface area contributed by atoms with Crippen molar-refractivity contribution in [3.63, 3.8) is 0 Å². The first-order valence-electron chi connectivity index (χ1n) is 10.7. The van der Waals surface area contributed by atoms with Crippen LogP contribution in [-0.4, -0.2) is 11.7 Å². The predicted molar refractivity (Wildman–Crippen MR) is 132 cm³/mol. The van der Waals surface area contributed by atoms with E-state index in [1.165, 1.54) is 4.90 Å². The van der Waals surface area contributed by atoms with Gasteiger partial charge in [-0.3, -0.25) is 14.5 Å². The van der Waals surface area contributed by atoms with E-state index >= 15 is 0 Å². The highest BCUT2D eigenvalue weighted by Gasteiger charge is 2.43. The van der Waals surface area contributed by atoms with Crippen LogP contribution >= 0.6 is 11.6 Å². The summed E-state index contributed by atoms with van der Waals surface area (Å²) in [5, 5.41) is 0.564. The first kappa shape index (κ1) is 20.9. The van der Waals surface area contributed by atoms with Gasteiger partial charge in [0.25, 0.3) is 0 Å². The van der Waals surface area contributed by atoms with Crippen molar-refractivity contribution >= 4 is 34.7 Å². The molecule has 4 aromatic rings. The average molecular weight is 450 g/mol. The zero-order valence-corrected chi connectivity index (χ0v) is 18.4. The quantitative estimate of drug-likeness (QED) is 0.326. The highest BCUT2D eigenvalue weighted by atomic mass is 35.5. The Bertz CT molecular complexity index is 1290. The Morgan fingerprint density at radius 3 is 1.61 bits per heavy atom. The molecule has 1 aliphatic rings. The maximum Gasteiger partial charge on any atom is 0.303 e. The molecule has 0 spiro atoms. The average Bonchev–Trinajstić information content (AvgIpc) is 3.12. The van der Waals surface area contributed by atoms with E-state index < -0.39 is 17.6 Å². The molecule has 0 unspecified atom stereocenters. The van der Waals surface area contributed by atoms with Crippen molar-refractivity contribution in [2.45, 2.75) is 5.92 Å². The monoisotopic (exact) mass is 449 g/mol. The van der Waals surface area contributed by atoms with E-state index in [1.807, 2.05) is 91.0 Å². The van der Waals surface area contributed by atoms with Crippen LogP contribution in [0.5, 0.6) is 0 Å². The van der Waals surface area contributed by atoms with Crippen molar-refractivity contribution in [3.8, 4) is 0 Å². The highest BCUT2D eigenvalue weighted by Crippen LogP contribution is 2.44. The van der Waals surface area contributed by atoms with Gasteiger partial charge in [-0.2, -0.15) is 0 Å². The SMILES string of the molecule is O=C1C(=O)N(c2ccc(Cl)cc2)C(c2ccccc2)=C1C(c1ccccc1)c1ccccc1. The second-order valence-corrected chi connectivity index (χ2v) is 8.27. The minimum atomic E-state index is -0.567. The first-order valence-corrected chi connectivity index (χ1v) is 11.1. The molecule has 1 heterocycles. The zero-order valence-electron chi connectivity index (χ0n) is 17.7. The van der Waals surface area contributed by atoms with Crippen LogP contribution < -0.4 is 4.90 Å². The lowest BCUT2D eigenvalue weighted by Crippen LogP contribution is -2.28. The van der Waals surface area contributed by atoms with Crippen molar-refractivity contribution in [2.24, 2.45) is 0 Å². The molecule has 0 aromatic heterocycles. The van der Waals surface area contributed by atoms with Crippen LogP contribution in [0.4, 0.5) is 5.69 Å². The van der Waals surface area contributed by atoms with Gasteiger partial charge in [0.15, 0.2) is 0 Å². The van der Waals surface area contributed by atoms with Crippen LogP contribution in [0, 0.1) is 0 Å². The fourth-order valence-corrected chi connectivity index (χ4v) is 4.47. The number of Topliss-reactive ketones (excluding diaryl/α,β-unsaturated/α-hetero) is 1. The number of hydrogen-bond acceptors (Lipinski definition) is 2. The Labute approximate surface area is 197 Å². The van der Waals surface area contributed by atoms with Crippen LogP contribution in [0.25, 0.3) is 5.70 Å². The molecule has 160 valence electrons. The molecule has 0 radical (unpaired) electrons. The molecular weight excluding hydrogens is 430 g/mol. The predicted octanol–water partition coefficient (Wildman–Crippen LogP) is 6.50. The molecule has 0 atom stereocenters. The number of ketones is 1. The second-order valence-electron chi connectivity index (χ2n) is 7.83. The van der Waals surface area contributed by atoms with E-state index in [0.29, 0.717) is 22.0 Å². The number of anilines is 1. The van der Waals surface area contributed by atoms with Gasteiger partial charge in [-0.15, -0.1) is 0 Å². The normalized spacial score (nSPS) is 13.8. The molecule has 0 saturated carbocycles. The van der Waals surface area contributed by atoms with Crippen LogP contribution in [0.15, 0.2) is 121 Å². The van der Waals surface area contributed by atoms with Crippen molar-refractivity contribution in [1.82, 2.24) is 0 Å². The lowest BCUT2D eigenvalue weighted by Gasteiger charge is -2.23. The molecule has 0 aliphatic carbocycles. The lowest BCUT2D eigenvalue weighted by atomic mass is 9.82. The Morgan fingerprint density at radius 1 is 0.606 bits per heavy atom. The summed E-state index contributed by atoms with van der Waals surface area (Å²) in [6.07, 6.45) is 0. The van der Waals surface area contributed by atoms with Gasteiger partial charge in [-0.05, 0) is 41.0 Å². The van der Waals surface area contributed by atoms with Crippen LogP contribution in [0.1, 0.15) is 22.6 Å². The van der Waals surface area contributed by atoms with Crippen LogP contribution in [-0.2, 0) is 9.59 Å².